The number of nitrogens with zero attached hydrogens (tertiary/aromatic N) is 2. The van der Waals surface area contributed by atoms with Gasteiger partial charge in [0.1, 0.15) is 24.4 Å². The highest BCUT2D eigenvalue weighted by Crippen LogP contribution is 2.25. The molecule has 0 N–H and O–H groups in total. The Kier molecular flexibility index (Phi) is 13.2. The van der Waals surface area contributed by atoms with Crippen LogP contribution in [0.2, 0.25) is 0 Å². The van der Waals surface area contributed by atoms with Crippen LogP contribution in [0.4, 0.5) is 9.59 Å². The molecular formula is C26H43ClN2O8. The Hall–Kier alpha value is -2.75. The van der Waals surface area contributed by atoms with Gasteiger partial charge in [0.2, 0.25) is 0 Å². The lowest BCUT2D eigenvalue weighted by atomic mass is 10.2. The van der Waals surface area contributed by atoms with Crippen LogP contribution in [0.25, 0.3) is 0 Å². The first-order valence-electron chi connectivity index (χ1n) is 12.0. The predicted octanol–water partition coefficient (Wildman–Crippen LogP) is 4.65. The molecule has 2 fully saturated rings. The first-order chi connectivity index (χ1) is 16.4. The van der Waals surface area contributed by atoms with Crippen LogP contribution in [0.15, 0.2) is 24.3 Å². The van der Waals surface area contributed by atoms with Gasteiger partial charge >= 0.3 is 24.1 Å². The predicted molar refractivity (Wildman–Crippen MR) is 141 cm³/mol. The standard InChI is InChI=1S/2C13H21NO4.ClH/c2*1-9-6-11(8-17-10(2)15)14(7-9)12(16)18-13(3,4)5;/h2*11H,1,6-8H2,2-5H3;1H/t2*11-;/m00./s1. The molecule has 2 aliphatic heterocycles. The summed E-state index contributed by atoms with van der Waals surface area (Å²) >= 11 is 0. The van der Waals surface area contributed by atoms with Crippen molar-refractivity contribution in [2.24, 2.45) is 0 Å². The summed E-state index contributed by atoms with van der Waals surface area (Å²) in [5, 5.41) is 0. The maximum atomic E-state index is 12.0. The molecule has 0 saturated carbocycles. The smallest absolute Gasteiger partial charge is 0.410 e. The minimum atomic E-state index is -0.535. The number of likely N-dealkylation sites (tertiary alicyclic amines) is 2. The van der Waals surface area contributed by atoms with E-state index in [-0.39, 0.29) is 49.6 Å². The Balaban J connectivity index is 0.000000682. The highest BCUT2D eigenvalue weighted by molar-refractivity contribution is 5.85. The van der Waals surface area contributed by atoms with E-state index in [1.54, 1.807) is 9.80 Å². The highest BCUT2D eigenvalue weighted by atomic mass is 35.5. The number of carbonyl (C=O) groups excluding carboxylic acids is 4. The SMILES string of the molecule is C=C1C[C@@H](COC(C)=O)N(C(=O)OC(C)(C)C)C1.C=C1C[C@@H](COC(C)=O)N(C(=O)OC(C)(C)C)C1.Cl. The molecule has 0 aromatic heterocycles. The van der Waals surface area contributed by atoms with Crippen LogP contribution in [0.3, 0.4) is 0 Å². The van der Waals surface area contributed by atoms with Crippen molar-refractivity contribution in [2.75, 3.05) is 26.3 Å². The summed E-state index contributed by atoms with van der Waals surface area (Å²) in [6.07, 6.45) is 0.510. The molecule has 212 valence electrons. The third-order valence-electron chi connectivity index (χ3n) is 4.93. The van der Waals surface area contributed by atoms with Crippen molar-refractivity contribution in [3.8, 4) is 0 Å². The number of halogens is 1. The average molecular weight is 547 g/mol. The molecule has 0 radical (unpaired) electrons. The maximum Gasteiger partial charge on any atom is 0.410 e. The van der Waals surface area contributed by atoms with Gasteiger partial charge in [0.25, 0.3) is 0 Å². The summed E-state index contributed by atoms with van der Waals surface area (Å²) in [7, 11) is 0. The molecule has 37 heavy (non-hydrogen) atoms. The van der Waals surface area contributed by atoms with Gasteiger partial charge < -0.3 is 18.9 Å². The van der Waals surface area contributed by atoms with Gasteiger partial charge in [-0.15, -0.1) is 12.4 Å². The second-order valence-electron chi connectivity index (χ2n) is 11.0. The Morgan fingerprint density at radius 3 is 1.27 bits per heavy atom. The third-order valence-corrected chi connectivity index (χ3v) is 4.93. The van der Waals surface area contributed by atoms with E-state index in [1.807, 2.05) is 41.5 Å². The van der Waals surface area contributed by atoms with E-state index in [0.29, 0.717) is 25.9 Å². The number of esters is 2. The maximum absolute atomic E-state index is 12.0. The molecule has 0 aromatic carbocycles. The van der Waals surface area contributed by atoms with Crippen LogP contribution in [0.5, 0.6) is 0 Å². The summed E-state index contributed by atoms with van der Waals surface area (Å²) in [5.74, 6) is -0.701. The fourth-order valence-corrected chi connectivity index (χ4v) is 3.55. The van der Waals surface area contributed by atoms with E-state index < -0.39 is 23.4 Å². The Morgan fingerprint density at radius 2 is 1.03 bits per heavy atom. The molecular weight excluding hydrogens is 504 g/mol. The molecule has 0 spiro atoms. The Labute approximate surface area is 226 Å². The largest absolute Gasteiger partial charge is 0.464 e. The van der Waals surface area contributed by atoms with Gasteiger partial charge in [-0.1, -0.05) is 24.3 Å². The fourth-order valence-electron chi connectivity index (χ4n) is 3.55. The minimum absolute atomic E-state index is 0. The molecule has 0 aliphatic carbocycles. The van der Waals surface area contributed by atoms with Crippen LogP contribution >= 0.6 is 12.4 Å². The van der Waals surface area contributed by atoms with Crippen molar-refractivity contribution < 1.29 is 38.1 Å². The molecule has 2 saturated heterocycles. The topological polar surface area (TPSA) is 112 Å². The van der Waals surface area contributed by atoms with E-state index in [0.717, 1.165) is 11.1 Å². The molecule has 2 heterocycles. The van der Waals surface area contributed by atoms with E-state index in [2.05, 4.69) is 13.2 Å². The quantitative estimate of drug-likeness (QED) is 0.284. The Morgan fingerprint density at radius 1 is 0.730 bits per heavy atom. The van der Waals surface area contributed by atoms with E-state index >= 15 is 0 Å². The summed E-state index contributed by atoms with van der Waals surface area (Å²) < 4.78 is 20.5. The van der Waals surface area contributed by atoms with Crippen molar-refractivity contribution in [1.29, 1.82) is 0 Å². The molecule has 11 heteroatoms. The summed E-state index contributed by atoms with van der Waals surface area (Å²) in [4.78, 5) is 48.7. The number of rotatable bonds is 4. The Bertz CT molecular complexity index is 790. The average Bonchev–Trinajstić information content (AvgIpc) is 3.25. The number of carbonyl (C=O) groups is 4. The lowest BCUT2D eigenvalue weighted by molar-refractivity contribution is -0.143. The lowest BCUT2D eigenvalue weighted by Crippen LogP contribution is -2.42. The van der Waals surface area contributed by atoms with E-state index in [4.69, 9.17) is 18.9 Å². The van der Waals surface area contributed by atoms with Crippen molar-refractivity contribution in [3.63, 3.8) is 0 Å². The van der Waals surface area contributed by atoms with Crippen LogP contribution in [0.1, 0.15) is 68.2 Å². The van der Waals surface area contributed by atoms with Crippen molar-refractivity contribution in [1.82, 2.24) is 9.80 Å². The monoisotopic (exact) mass is 546 g/mol. The van der Waals surface area contributed by atoms with Gasteiger partial charge in [-0.25, -0.2) is 9.59 Å². The normalized spacial score (nSPS) is 19.4. The molecule has 2 amide bonds. The van der Waals surface area contributed by atoms with Gasteiger partial charge in [0, 0.05) is 26.9 Å². The molecule has 0 aromatic rings. The third kappa shape index (κ3) is 13.4. The molecule has 2 rings (SSSR count). The molecule has 2 aliphatic rings. The van der Waals surface area contributed by atoms with Crippen LogP contribution in [0, 0.1) is 0 Å². The number of ether oxygens (including phenoxy) is 4. The number of hydrogen-bond acceptors (Lipinski definition) is 8. The zero-order valence-electron chi connectivity index (χ0n) is 23.4. The molecule has 2 atom stereocenters. The van der Waals surface area contributed by atoms with Crippen LogP contribution in [-0.4, -0.2) is 83.5 Å². The second-order valence-corrected chi connectivity index (χ2v) is 11.0. The first kappa shape index (κ1) is 34.2. The number of hydrogen-bond donors (Lipinski definition) is 0. The van der Waals surface area contributed by atoms with Gasteiger partial charge in [0.15, 0.2) is 0 Å². The molecule has 0 bridgehead atoms. The van der Waals surface area contributed by atoms with Crippen LogP contribution < -0.4 is 0 Å². The summed E-state index contributed by atoms with van der Waals surface area (Å²) in [5.41, 5.74) is 0.816. The van der Waals surface area contributed by atoms with E-state index in [9.17, 15) is 19.2 Å². The molecule has 10 nitrogen and oxygen atoms in total. The molecule has 0 unspecified atom stereocenters. The van der Waals surface area contributed by atoms with Crippen molar-refractivity contribution in [3.05, 3.63) is 24.3 Å². The first-order valence-corrected chi connectivity index (χ1v) is 12.0. The minimum Gasteiger partial charge on any atom is -0.464 e. The highest BCUT2D eigenvalue weighted by Gasteiger charge is 2.35. The van der Waals surface area contributed by atoms with Crippen molar-refractivity contribution >= 4 is 36.5 Å². The van der Waals surface area contributed by atoms with Crippen molar-refractivity contribution in [2.45, 2.75) is 91.5 Å². The fraction of sp³-hybridized carbons (Fsp3) is 0.692. The zero-order valence-corrected chi connectivity index (χ0v) is 24.2. The number of amides is 2. The second kappa shape index (κ2) is 14.3. The summed E-state index contributed by atoms with van der Waals surface area (Å²) in [6, 6.07) is -0.340. The van der Waals surface area contributed by atoms with Gasteiger partial charge in [0.05, 0.1) is 12.1 Å². The van der Waals surface area contributed by atoms with Crippen LogP contribution in [-0.2, 0) is 28.5 Å². The summed E-state index contributed by atoms with van der Waals surface area (Å²) in [6.45, 7) is 22.6. The zero-order chi connectivity index (χ0) is 27.8. The van der Waals surface area contributed by atoms with Gasteiger partial charge in [-0.05, 0) is 54.4 Å². The van der Waals surface area contributed by atoms with E-state index in [1.165, 1.54) is 13.8 Å². The van der Waals surface area contributed by atoms with Gasteiger partial charge in [-0.3, -0.25) is 19.4 Å². The lowest BCUT2D eigenvalue weighted by Gasteiger charge is -2.28. The van der Waals surface area contributed by atoms with Gasteiger partial charge in [-0.2, -0.15) is 0 Å².